The molecule has 6 heterocycles. The van der Waals surface area contributed by atoms with Crippen molar-refractivity contribution in [3.8, 4) is 11.3 Å². The fourth-order valence-corrected chi connectivity index (χ4v) is 7.84. The third kappa shape index (κ3) is 8.04. The molecule has 7 aromatic rings. The number of ether oxygens (including phenoxy) is 3. The van der Waals surface area contributed by atoms with Gasteiger partial charge in [-0.2, -0.15) is 0 Å². The number of pyridine rings is 2. The SMILES string of the molecule is CC(C)(C)OC(=O)N1Cc2[nH]c3c(ccc4cnc(-c5ccccc5F)cc43)c2C1=O.CC(C)(C)OC(=O)N1Cc2c(c3ccc4cnc(Cl)cc4c3n2C(=O)OC(C)(C)C)C1=O. The van der Waals surface area contributed by atoms with Crippen LogP contribution in [0.4, 0.5) is 18.8 Å². The molecule has 324 valence electrons. The second-order valence-corrected chi connectivity index (χ2v) is 18.7. The highest BCUT2D eigenvalue weighted by molar-refractivity contribution is 6.31. The van der Waals surface area contributed by atoms with E-state index in [2.05, 4.69) is 15.0 Å². The summed E-state index contributed by atoms with van der Waals surface area (Å²) in [6.07, 6.45) is 1.21. The molecule has 2 aliphatic rings. The molecule has 0 fully saturated rings. The molecule has 0 unspecified atom stereocenters. The molecule has 3 aromatic carbocycles. The number of amides is 4. The van der Waals surface area contributed by atoms with E-state index in [1.165, 1.54) is 10.6 Å². The molecule has 2 aliphatic heterocycles. The van der Waals surface area contributed by atoms with Crippen LogP contribution >= 0.6 is 11.6 Å². The summed E-state index contributed by atoms with van der Waals surface area (Å²) in [7, 11) is 0. The summed E-state index contributed by atoms with van der Waals surface area (Å²) in [6, 6.07) is 17.2. The van der Waals surface area contributed by atoms with Crippen LogP contribution in [0.25, 0.3) is 54.6 Å². The number of fused-ring (bicyclic) bond motifs is 10. The number of nitrogens with one attached hydrogen (secondary N) is 1. The highest BCUT2D eigenvalue weighted by Crippen LogP contribution is 2.39. The number of benzene rings is 3. The number of carbonyl (C=O) groups excluding carboxylic acids is 5. The van der Waals surface area contributed by atoms with Gasteiger partial charge in [0.1, 0.15) is 27.8 Å². The maximum atomic E-state index is 14.3. The van der Waals surface area contributed by atoms with E-state index in [-0.39, 0.29) is 29.6 Å². The average molecular weight is 875 g/mol. The summed E-state index contributed by atoms with van der Waals surface area (Å²) in [5, 5.41) is 4.59. The van der Waals surface area contributed by atoms with Crippen molar-refractivity contribution in [1.29, 1.82) is 0 Å². The fourth-order valence-electron chi connectivity index (χ4n) is 7.68. The lowest BCUT2D eigenvalue weighted by molar-refractivity contribution is 0.0228. The number of carbonyl (C=O) groups is 5. The number of aromatic amines is 1. The first kappa shape index (κ1) is 42.8. The predicted molar refractivity (Wildman–Crippen MR) is 235 cm³/mol. The number of aromatic nitrogens is 4. The van der Waals surface area contributed by atoms with E-state index in [4.69, 9.17) is 25.8 Å². The van der Waals surface area contributed by atoms with Gasteiger partial charge in [-0.25, -0.2) is 38.1 Å². The Morgan fingerprint density at radius 1 is 0.667 bits per heavy atom. The molecule has 4 amide bonds. The normalized spacial score (nSPS) is 14.0. The quantitative estimate of drug-likeness (QED) is 0.124. The third-order valence-electron chi connectivity index (χ3n) is 10.1. The van der Waals surface area contributed by atoms with E-state index in [9.17, 15) is 28.4 Å². The molecular weight excluding hydrogens is 831 g/mol. The van der Waals surface area contributed by atoms with Gasteiger partial charge < -0.3 is 19.2 Å². The van der Waals surface area contributed by atoms with E-state index in [1.54, 1.807) is 111 Å². The minimum atomic E-state index is -0.771. The van der Waals surface area contributed by atoms with Gasteiger partial charge in [0.2, 0.25) is 0 Å². The first-order chi connectivity index (χ1) is 29.5. The van der Waals surface area contributed by atoms with Gasteiger partial charge in [-0.15, -0.1) is 0 Å². The first-order valence-corrected chi connectivity index (χ1v) is 20.5. The molecule has 0 aliphatic carbocycles. The van der Waals surface area contributed by atoms with Crippen molar-refractivity contribution < 1.29 is 42.6 Å². The Balaban J connectivity index is 0.000000173. The van der Waals surface area contributed by atoms with E-state index >= 15 is 0 Å². The minimum absolute atomic E-state index is 0.114. The second kappa shape index (κ2) is 15.2. The number of nitrogens with zero attached hydrogens (tertiary/aromatic N) is 5. The summed E-state index contributed by atoms with van der Waals surface area (Å²) in [4.78, 5) is 78.6. The van der Waals surface area contributed by atoms with Gasteiger partial charge in [0, 0.05) is 56.0 Å². The lowest BCUT2D eigenvalue weighted by atomic mass is 10.0. The van der Waals surface area contributed by atoms with Crippen molar-refractivity contribution in [2.24, 2.45) is 0 Å². The van der Waals surface area contributed by atoms with Crippen LogP contribution in [0.2, 0.25) is 5.15 Å². The summed E-state index contributed by atoms with van der Waals surface area (Å²) in [5.41, 5.74) is 1.70. The molecule has 0 saturated heterocycles. The monoisotopic (exact) mass is 874 g/mol. The summed E-state index contributed by atoms with van der Waals surface area (Å²) >= 11 is 6.13. The Morgan fingerprint density at radius 2 is 1.22 bits per heavy atom. The predicted octanol–water partition coefficient (Wildman–Crippen LogP) is 10.9. The Morgan fingerprint density at radius 3 is 1.86 bits per heavy atom. The number of hydrogen-bond donors (Lipinski definition) is 1. The van der Waals surface area contributed by atoms with Crippen LogP contribution in [0.5, 0.6) is 0 Å². The molecule has 1 N–H and O–H groups in total. The smallest absolute Gasteiger partial charge is 0.419 e. The Hall–Kier alpha value is -6.87. The molecular formula is C47H44ClFN6O8. The molecule has 16 heteroatoms. The zero-order valence-corrected chi connectivity index (χ0v) is 36.9. The summed E-state index contributed by atoms with van der Waals surface area (Å²) < 4.78 is 32.0. The number of rotatable bonds is 1. The Labute approximate surface area is 365 Å². The van der Waals surface area contributed by atoms with E-state index in [0.29, 0.717) is 49.9 Å². The van der Waals surface area contributed by atoms with E-state index in [0.717, 1.165) is 31.5 Å². The molecule has 0 atom stereocenters. The van der Waals surface area contributed by atoms with Crippen molar-refractivity contribution in [2.75, 3.05) is 0 Å². The first-order valence-electron chi connectivity index (χ1n) is 20.1. The lowest BCUT2D eigenvalue weighted by Gasteiger charge is -2.24. The number of hydrogen-bond acceptors (Lipinski definition) is 10. The van der Waals surface area contributed by atoms with Crippen molar-refractivity contribution in [3.05, 3.63) is 107 Å². The molecule has 14 nitrogen and oxygen atoms in total. The van der Waals surface area contributed by atoms with Gasteiger partial charge in [0.05, 0.1) is 46.6 Å². The van der Waals surface area contributed by atoms with Gasteiger partial charge >= 0.3 is 18.3 Å². The fraction of sp³-hybridized carbons (Fsp3) is 0.298. The molecule has 0 saturated carbocycles. The van der Waals surface area contributed by atoms with Crippen molar-refractivity contribution in [2.45, 2.75) is 92.2 Å². The molecule has 63 heavy (non-hydrogen) atoms. The molecule has 0 radical (unpaired) electrons. The van der Waals surface area contributed by atoms with Crippen LogP contribution in [0.3, 0.4) is 0 Å². The standard InChI is InChI=1S/C24H20FN3O3.C23H24ClN3O5/c1-24(2,3)31-23(30)28-12-19-20(22(28)29)15-9-8-13-11-26-18(10-16(13)21(15)27-19)14-6-4-5-7-17(14)25;1-22(2,3)31-20(29)26-11-15-17(19(26)28)13-8-7-12-10-25-16(24)9-14(12)18(13)27(15)21(30)32-23(4,5)6/h4-11,27H,12H2,1-3H3;7-10H,11H2,1-6H3. The van der Waals surface area contributed by atoms with Gasteiger partial charge in [-0.1, -0.05) is 48.0 Å². The highest BCUT2D eigenvalue weighted by Gasteiger charge is 2.42. The zero-order chi connectivity index (χ0) is 45.5. The average Bonchev–Trinajstić information content (AvgIpc) is 3.91. The van der Waals surface area contributed by atoms with Crippen LogP contribution in [-0.2, 0) is 27.3 Å². The van der Waals surface area contributed by atoms with Crippen LogP contribution in [-0.4, -0.2) is 76.2 Å². The molecule has 0 spiro atoms. The van der Waals surface area contributed by atoms with Crippen molar-refractivity contribution >= 4 is 85.0 Å². The number of halogens is 2. The summed E-state index contributed by atoms with van der Waals surface area (Å²) in [5.74, 6) is -1.27. The van der Waals surface area contributed by atoms with Crippen molar-refractivity contribution in [3.63, 3.8) is 0 Å². The summed E-state index contributed by atoms with van der Waals surface area (Å²) in [6.45, 7) is 15.7. The third-order valence-corrected chi connectivity index (χ3v) is 10.3. The van der Waals surface area contributed by atoms with Crippen LogP contribution < -0.4 is 0 Å². The molecule has 4 aromatic heterocycles. The van der Waals surface area contributed by atoms with Gasteiger partial charge in [-0.3, -0.25) is 14.6 Å². The number of H-pyrrole nitrogens is 1. The number of imide groups is 2. The molecule has 9 rings (SSSR count). The molecule has 0 bridgehead atoms. The second-order valence-electron chi connectivity index (χ2n) is 18.3. The Kier molecular flexibility index (Phi) is 10.3. The topological polar surface area (TPSA) is 166 Å². The zero-order valence-electron chi connectivity index (χ0n) is 36.1. The Bertz CT molecular complexity index is 3100. The van der Waals surface area contributed by atoms with Crippen LogP contribution in [0.15, 0.2) is 73.1 Å². The van der Waals surface area contributed by atoms with Gasteiger partial charge in [0.25, 0.3) is 11.8 Å². The van der Waals surface area contributed by atoms with Crippen LogP contribution in [0, 0.1) is 5.82 Å². The van der Waals surface area contributed by atoms with Crippen LogP contribution in [0.1, 0.15) is 94.4 Å². The lowest BCUT2D eigenvalue weighted by Crippen LogP contribution is -2.37. The van der Waals surface area contributed by atoms with Gasteiger partial charge in [0.15, 0.2) is 0 Å². The maximum absolute atomic E-state index is 14.3. The van der Waals surface area contributed by atoms with E-state index in [1.807, 2.05) is 18.2 Å². The minimum Gasteiger partial charge on any atom is -0.443 e. The highest BCUT2D eigenvalue weighted by atomic mass is 35.5. The largest absolute Gasteiger partial charge is 0.443 e. The maximum Gasteiger partial charge on any atom is 0.419 e. The van der Waals surface area contributed by atoms with Crippen molar-refractivity contribution in [1.82, 2.24) is 29.3 Å². The van der Waals surface area contributed by atoms with E-state index < -0.39 is 46.9 Å². The van der Waals surface area contributed by atoms with Gasteiger partial charge in [-0.05, 0) is 86.6 Å².